The van der Waals surface area contributed by atoms with Crippen molar-refractivity contribution in [2.75, 3.05) is 12.4 Å². The van der Waals surface area contributed by atoms with Crippen molar-refractivity contribution in [3.8, 4) is 16.7 Å². The molecule has 1 atom stereocenters. The van der Waals surface area contributed by atoms with Crippen LogP contribution in [0.1, 0.15) is 77.5 Å². The Morgan fingerprint density at radius 2 is 1.85 bits per heavy atom. The summed E-state index contributed by atoms with van der Waals surface area (Å²) in [6.45, 7) is 19.5. The second-order valence-corrected chi connectivity index (χ2v) is 15.6. The molecule has 0 fully saturated rings. The molecule has 244 valence electrons. The van der Waals surface area contributed by atoms with E-state index in [0.717, 1.165) is 21.5 Å². The van der Waals surface area contributed by atoms with E-state index in [1.165, 1.54) is 17.7 Å². The molecule has 0 saturated heterocycles. The summed E-state index contributed by atoms with van der Waals surface area (Å²) in [5.41, 5.74) is 1.71. The van der Waals surface area contributed by atoms with Crippen LogP contribution < -0.4 is 10.6 Å². The number of nitrogens with one attached hydrogen (secondary N) is 2. The first-order valence-corrected chi connectivity index (χ1v) is 16.1. The van der Waals surface area contributed by atoms with Crippen molar-refractivity contribution >= 4 is 40.1 Å². The Bertz CT molecular complexity index is 1780. The predicted octanol–water partition coefficient (Wildman–Crippen LogP) is 7.26. The lowest BCUT2D eigenvalue weighted by atomic mass is 9.88. The molecular formula is C35H45N7O3S. The number of anilines is 1. The highest BCUT2D eigenvalue weighted by Gasteiger charge is 2.32. The molecule has 0 spiro atoms. The van der Waals surface area contributed by atoms with E-state index < -0.39 is 5.54 Å². The average Bonchev–Trinajstić information content (AvgIpc) is 3.73. The summed E-state index contributed by atoms with van der Waals surface area (Å²) < 4.78 is 7.32. The molecule has 3 aromatic heterocycles. The fourth-order valence-electron chi connectivity index (χ4n) is 4.73. The van der Waals surface area contributed by atoms with Crippen molar-refractivity contribution in [3.63, 3.8) is 0 Å². The van der Waals surface area contributed by atoms with E-state index in [9.17, 15) is 14.9 Å². The average molecular weight is 644 g/mol. The van der Waals surface area contributed by atoms with Crippen molar-refractivity contribution in [2.45, 2.75) is 87.0 Å². The molecule has 0 saturated carbocycles. The van der Waals surface area contributed by atoms with Gasteiger partial charge in [-0.1, -0.05) is 53.7 Å². The van der Waals surface area contributed by atoms with E-state index in [0.29, 0.717) is 35.7 Å². The number of oxazole rings is 1. The lowest BCUT2D eigenvalue weighted by Gasteiger charge is -2.36. The van der Waals surface area contributed by atoms with Crippen LogP contribution in [0.4, 0.5) is 5.95 Å². The molecule has 4 aromatic rings. The number of nitrogens with zero attached hydrogens (tertiary/aromatic N) is 5. The van der Waals surface area contributed by atoms with Gasteiger partial charge < -0.3 is 19.2 Å². The number of hydrogen-bond acceptors (Lipinski definition) is 8. The molecule has 10 nitrogen and oxygen atoms in total. The van der Waals surface area contributed by atoms with Crippen molar-refractivity contribution in [2.24, 2.45) is 10.8 Å². The van der Waals surface area contributed by atoms with Gasteiger partial charge in [-0.25, -0.2) is 9.97 Å². The van der Waals surface area contributed by atoms with Crippen molar-refractivity contribution < 1.29 is 14.0 Å². The number of imidazole rings is 1. The second kappa shape index (κ2) is 13.2. The zero-order valence-electron chi connectivity index (χ0n) is 28.5. The topological polar surface area (TPSA) is 129 Å². The molecule has 4 rings (SSSR count). The van der Waals surface area contributed by atoms with E-state index in [1.807, 2.05) is 57.4 Å². The summed E-state index contributed by atoms with van der Waals surface area (Å²) in [4.78, 5) is 38.7. The largest absolute Gasteiger partial charge is 0.443 e. The molecule has 0 bridgehead atoms. The molecule has 11 heteroatoms. The number of aromatic nitrogens is 3. The fourth-order valence-corrected chi connectivity index (χ4v) is 5.59. The molecule has 3 heterocycles. The van der Waals surface area contributed by atoms with Crippen molar-refractivity contribution in [3.05, 3.63) is 65.0 Å². The Labute approximate surface area is 275 Å². The molecule has 0 radical (unpaired) electrons. The first-order chi connectivity index (χ1) is 21.4. The van der Waals surface area contributed by atoms with Gasteiger partial charge in [0.15, 0.2) is 12.2 Å². The number of nitriles is 1. The molecule has 0 aliphatic rings. The minimum atomic E-state index is -0.761. The summed E-state index contributed by atoms with van der Waals surface area (Å²) in [7, 11) is 1.70. The highest BCUT2D eigenvalue weighted by Crippen LogP contribution is 2.31. The van der Waals surface area contributed by atoms with E-state index in [1.54, 1.807) is 30.3 Å². The fraction of sp³-hybridized carbons (Fsp3) is 0.457. The van der Waals surface area contributed by atoms with Gasteiger partial charge in [-0.05, 0) is 61.4 Å². The number of fused-ring (bicyclic) bond motifs is 1. The number of carbonyl (C=O) groups is 2. The number of allylic oxidation sites excluding steroid dienone is 1. The van der Waals surface area contributed by atoms with Crippen LogP contribution >= 0.6 is 11.3 Å². The Morgan fingerprint density at radius 3 is 2.46 bits per heavy atom. The van der Waals surface area contributed by atoms with Crippen LogP contribution in [0.15, 0.2) is 59.0 Å². The van der Waals surface area contributed by atoms with E-state index >= 15 is 0 Å². The third kappa shape index (κ3) is 8.11. The number of likely N-dealkylation sites (N-methyl/N-ethyl adjacent to an activating group) is 1. The zero-order valence-corrected chi connectivity index (χ0v) is 29.3. The van der Waals surface area contributed by atoms with Crippen molar-refractivity contribution in [1.29, 1.82) is 5.26 Å². The lowest BCUT2D eigenvalue weighted by Crippen LogP contribution is -2.48. The summed E-state index contributed by atoms with van der Waals surface area (Å²) >= 11 is 1.30. The zero-order chi connectivity index (χ0) is 34.0. The smallest absolute Gasteiger partial charge is 0.268 e. The number of amides is 2. The quantitative estimate of drug-likeness (QED) is 0.137. The maximum atomic E-state index is 13.5. The summed E-state index contributed by atoms with van der Waals surface area (Å²) in [5.74, 6) is 0.278. The van der Waals surface area contributed by atoms with Crippen LogP contribution in [0.25, 0.3) is 21.7 Å². The summed E-state index contributed by atoms with van der Waals surface area (Å²) in [6.07, 6.45) is 4.66. The number of carbonyl (C=O) groups excluding carboxylic acids is 2. The molecule has 1 unspecified atom stereocenters. The number of thiophene rings is 1. The van der Waals surface area contributed by atoms with Gasteiger partial charge >= 0.3 is 0 Å². The molecule has 2 amide bonds. The Balaban J connectivity index is 1.69. The van der Waals surface area contributed by atoms with Crippen LogP contribution in [-0.2, 0) is 17.9 Å². The van der Waals surface area contributed by atoms with Gasteiger partial charge in [-0.15, -0.1) is 11.3 Å². The monoisotopic (exact) mass is 643 g/mol. The first-order valence-electron chi connectivity index (χ1n) is 15.3. The normalized spacial score (nSPS) is 13.5. The van der Waals surface area contributed by atoms with Gasteiger partial charge in [0.2, 0.25) is 5.95 Å². The molecular weight excluding hydrogens is 598 g/mol. The van der Waals surface area contributed by atoms with Crippen LogP contribution in [0.2, 0.25) is 0 Å². The molecule has 2 N–H and O–H groups in total. The summed E-state index contributed by atoms with van der Waals surface area (Å²) in [5, 5.41) is 16.4. The Hall–Kier alpha value is -4.27. The lowest BCUT2D eigenvalue weighted by molar-refractivity contribution is -0.130. The van der Waals surface area contributed by atoms with E-state index in [-0.39, 0.29) is 28.2 Å². The van der Waals surface area contributed by atoms with E-state index in [2.05, 4.69) is 55.4 Å². The van der Waals surface area contributed by atoms with Gasteiger partial charge in [0.25, 0.3) is 11.8 Å². The highest BCUT2D eigenvalue weighted by atomic mass is 32.1. The SMILES string of the molecule is CC(NCc1ccc2c(c1)nc(NC(=O)c1ccc(-c3cnco3)s1)n2CC(C)(C)N(C)C(=O)C(C#N)=CC(C)(C)C)C(C)(C)C. The van der Waals surface area contributed by atoms with Crippen LogP contribution in [0.5, 0.6) is 0 Å². The van der Waals surface area contributed by atoms with Crippen LogP contribution in [-0.4, -0.2) is 49.9 Å². The maximum Gasteiger partial charge on any atom is 0.268 e. The molecule has 46 heavy (non-hydrogen) atoms. The summed E-state index contributed by atoms with van der Waals surface area (Å²) in [6, 6.07) is 12.0. The number of benzene rings is 1. The minimum absolute atomic E-state index is 0.0916. The molecule has 1 aromatic carbocycles. The van der Waals surface area contributed by atoms with Gasteiger partial charge in [0.1, 0.15) is 11.6 Å². The Kier molecular flexibility index (Phi) is 9.95. The standard InChI is InChI=1S/C35H45N7O3S/c1-22(34(5,6)7)38-18-23-11-12-26-25(15-23)39-32(40-30(43)29-14-13-28(46-29)27-19-37-21-45-27)42(26)20-35(8,9)41(10)31(44)24(17-36)16-33(2,3)4/h11-16,19,21-22,38H,18,20H2,1-10H3,(H,39,40,43). The van der Waals surface area contributed by atoms with Gasteiger partial charge in [0.05, 0.1) is 32.5 Å². The van der Waals surface area contributed by atoms with Crippen molar-refractivity contribution in [1.82, 2.24) is 24.8 Å². The van der Waals surface area contributed by atoms with Gasteiger partial charge in [0, 0.05) is 26.2 Å². The third-order valence-electron chi connectivity index (χ3n) is 8.14. The molecule has 0 aliphatic carbocycles. The van der Waals surface area contributed by atoms with Gasteiger partial charge in [-0.2, -0.15) is 5.26 Å². The number of rotatable bonds is 10. The number of hydrogen-bond donors (Lipinski definition) is 2. The predicted molar refractivity (Wildman–Crippen MR) is 183 cm³/mol. The van der Waals surface area contributed by atoms with Crippen LogP contribution in [0, 0.1) is 22.2 Å². The maximum absolute atomic E-state index is 13.5. The Morgan fingerprint density at radius 1 is 1.13 bits per heavy atom. The third-order valence-corrected chi connectivity index (χ3v) is 9.24. The van der Waals surface area contributed by atoms with Gasteiger partial charge in [-0.3, -0.25) is 14.9 Å². The second-order valence-electron chi connectivity index (χ2n) is 14.5. The highest BCUT2D eigenvalue weighted by molar-refractivity contribution is 7.17. The minimum Gasteiger partial charge on any atom is -0.443 e. The molecule has 0 aliphatic heterocycles. The van der Waals surface area contributed by atoms with Crippen LogP contribution in [0.3, 0.4) is 0 Å². The first kappa shape index (κ1) is 34.6. The van der Waals surface area contributed by atoms with E-state index in [4.69, 9.17) is 9.40 Å².